The van der Waals surface area contributed by atoms with E-state index in [9.17, 15) is 4.79 Å². The molecule has 108 valence electrons. The molecule has 0 fully saturated rings. The number of hydrogen-bond donors (Lipinski definition) is 1. The Morgan fingerprint density at radius 2 is 1.90 bits per heavy atom. The summed E-state index contributed by atoms with van der Waals surface area (Å²) in [6, 6.07) is 8.06. The van der Waals surface area contributed by atoms with Crippen LogP contribution in [0.4, 0.5) is 0 Å². The van der Waals surface area contributed by atoms with E-state index in [4.69, 9.17) is 5.73 Å². The molecule has 0 spiro atoms. The van der Waals surface area contributed by atoms with E-state index in [-0.39, 0.29) is 5.91 Å². The normalized spacial score (nSPS) is 10.1. The van der Waals surface area contributed by atoms with E-state index in [1.165, 1.54) is 5.56 Å². The minimum atomic E-state index is 0.122. The second kappa shape index (κ2) is 8.36. The molecule has 0 aromatic heterocycles. The second-order valence-corrected chi connectivity index (χ2v) is 4.79. The Morgan fingerprint density at radius 3 is 2.40 bits per heavy atom. The summed E-state index contributed by atoms with van der Waals surface area (Å²) < 4.78 is 0. The first kappa shape index (κ1) is 16.2. The molecule has 1 rings (SSSR count). The van der Waals surface area contributed by atoms with Gasteiger partial charge in [-0.15, -0.1) is 0 Å². The highest BCUT2D eigenvalue weighted by Crippen LogP contribution is 2.07. The third-order valence-corrected chi connectivity index (χ3v) is 3.00. The van der Waals surface area contributed by atoms with Crippen LogP contribution >= 0.6 is 0 Å². The predicted molar refractivity (Wildman–Crippen MR) is 82.0 cm³/mol. The fraction of sp³-hybridized carbons (Fsp3) is 0.438. The third kappa shape index (κ3) is 5.43. The summed E-state index contributed by atoms with van der Waals surface area (Å²) in [5.74, 6) is 5.95. The van der Waals surface area contributed by atoms with Gasteiger partial charge in [0, 0.05) is 26.2 Å². The van der Waals surface area contributed by atoms with E-state index < -0.39 is 0 Å². The van der Waals surface area contributed by atoms with Crippen molar-refractivity contribution in [3.05, 3.63) is 35.4 Å². The van der Waals surface area contributed by atoms with Crippen LogP contribution in [0.1, 0.15) is 18.1 Å². The molecule has 0 heterocycles. The first-order chi connectivity index (χ1) is 9.56. The summed E-state index contributed by atoms with van der Waals surface area (Å²) in [6.07, 6.45) is 0. The SMILES string of the molecule is CCN(CC(=O)N(C)C)Cc1ccc(C#CCN)cc1. The van der Waals surface area contributed by atoms with Gasteiger partial charge in [0.15, 0.2) is 0 Å². The zero-order valence-electron chi connectivity index (χ0n) is 12.5. The summed E-state index contributed by atoms with van der Waals surface area (Å²) >= 11 is 0. The number of nitrogens with zero attached hydrogens (tertiary/aromatic N) is 2. The van der Waals surface area contributed by atoms with Crippen molar-refractivity contribution in [3.63, 3.8) is 0 Å². The Hall–Kier alpha value is -1.83. The Morgan fingerprint density at radius 1 is 1.25 bits per heavy atom. The van der Waals surface area contributed by atoms with Gasteiger partial charge in [0.25, 0.3) is 0 Å². The molecule has 0 aliphatic rings. The maximum Gasteiger partial charge on any atom is 0.236 e. The lowest BCUT2D eigenvalue weighted by molar-refractivity contribution is -0.130. The van der Waals surface area contributed by atoms with Gasteiger partial charge < -0.3 is 10.6 Å². The minimum absolute atomic E-state index is 0.122. The van der Waals surface area contributed by atoms with Gasteiger partial charge in [-0.3, -0.25) is 9.69 Å². The highest BCUT2D eigenvalue weighted by Gasteiger charge is 2.10. The van der Waals surface area contributed by atoms with E-state index in [0.29, 0.717) is 13.1 Å². The molecule has 0 unspecified atom stereocenters. The van der Waals surface area contributed by atoms with Gasteiger partial charge >= 0.3 is 0 Å². The topological polar surface area (TPSA) is 49.6 Å². The van der Waals surface area contributed by atoms with Crippen LogP contribution in [0.3, 0.4) is 0 Å². The van der Waals surface area contributed by atoms with Crippen molar-refractivity contribution < 1.29 is 4.79 Å². The molecule has 0 atom stereocenters. The van der Waals surface area contributed by atoms with E-state index in [1.54, 1.807) is 19.0 Å². The summed E-state index contributed by atoms with van der Waals surface area (Å²) in [4.78, 5) is 15.5. The molecule has 2 N–H and O–H groups in total. The molecule has 0 aliphatic carbocycles. The molecule has 1 amide bonds. The van der Waals surface area contributed by atoms with Crippen molar-refractivity contribution in [2.45, 2.75) is 13.5 Å². The summed E-state index contributed by atoms with van der Waals surface area (Å²) in [5.41, 5.74) is 7.49. The molecule has 1 aromatic rings. The number of carbonyl (C=O) groups is 1. The lowest BCUT2D eigenvalue weighted by atomic mass is 10.1. The van der Waals surface area contributed by atoms with Gasteiger partial charge in [-0.05, 0) is 24.2 Å². The maximum atomic E-state index is 11.7. The summed E-state index contributed by atoms with van der Waals surface area (Å²) in [7, 11) is 3.56. The largest absolute Gasteiger partial charge is 0.348 e. The van der Waals surface area contributed by atoms with Gasteiger partial charge in [-0.1, -0.05) is 30.9 Å². The molecule has 4 nitrogen and oxygen atoms in total. The Bertz CT molecular complexity index is 483. The fourth-order valence-electron chi connectivity index (χ4n) is 1.72. The Labute approximate surface area is 121 Å². The van der Waals surface area contributed by atoms with Gasteiger partial charge in [0.2, 0.25) is 5.91 Å². The molecule has 4 heteroatoms. The summed E-state index contributed by atoms with van der Waals surface area (Å²) in [6.45, 7) is 4.48. The van der Waals surface area contributed by atoms with Crippen LogP contribution in [0, 0.1) is 11.8 Å². The fourth-order valence-corrected chi connectivity index (χ4v) is 1.72. The lowest BCUT2D eigenvalue weighted by Crippen LogP contribution is -2.36. The quantitative estimate of drug-likeness (QED) is 0.811. The van der Waals surface area contributed by atoms with E-state index in [0.717, 1.165) is 18.7 Å². The van der Waals surface area contributed by atoms with Crippen LogP contribution < -0.4 is 5.73 Å². The maximum absolute atomic E-state index is 11.7. The van der Waals surface area contributed by atoms with E-state index in [2.05, 4.69) is 23.7 Å². The number of nitrogens with two attached hydrogens (primary N) is 1. The van der Waals surface area contributed by atoms with Crippen molar-refractivity contribution in [2.24, 2.45) is 5.73 Å². The smallest absolute Gasteiger partial charge is 0.236 e. The van der Waals surface area contributed by atoms with Crippen LogP contribution in [0.2, 0.25) is 0 Å². The number of rotatable bonds is 5. The lowest BCUT2D eigenvalue weighted by Gasteiger charge is -2.22. The monoisotopic (exact) mass is 273 g/mol. The Balaban J connectivity index is 2.63. The Kier molecular flexibility index (Phi) is 6.78. The number of benzene rings is 1. The number of hydrogen-bond acceptors (Lipinski definition) is 3. The molecule has 1 aromatic carbocycles. The highest BCUT2D eigenvalue weighted by molar-refractivity contribution is 5.77. The van der Waals surface area contributed by atoms with Gasteiger partial charge in [-0.25, -0.2) is 0 Å². The standard InChI is InChI=1S/C16H23N3O/c1-4-19(13-16(20)18(2)3)12-15-9-7-14(8-10-15)6-5-11-17/h7-10H,4,11-13,17H2,1-3H3. The van der Waals surface area contributed by atoms with Gasteiger partial charge in [-0.2, -0.15) is 0 Å². The molecule has 0 radical (unpaired) electrons. The van der Waals surface area contributed by atoms with Gasteiger partial charge in [0.05, 0.1) is 13.1 Å². The third-order valence-electron chi connectivity index (χ3n) is 3.00. The summed E-state index contributed by atoms with van der Waals surface area (Å²) in [5, 5.41) is 0. The van der Waals surface area contributed by atoms with E-state index >= 15 is 0 Å². The average molecular weight is 273 g/mol. The van der Waals surface area contributed by atoms with Crippen molar-refractivity contribution in [3.8, 4) is 11.8 Å². The molecule has 0 bridgehead atoms. The average Bonchev–Trinajstić information content (AvgIpc) is 2.45. The first-order valence-electron chi connectivity index (χ1n) is 6.77. The van der Waals surface area contributed by atoms with E-state index in [1.807, 2.05) is 24.3 Å². The zero-order valence-corrected chi connectivity index (χ0v) is 12.5. The highest BCUT2D eigenvalue weighted by atomic mass is 16.2. The zero-order chi connectivity index (χ0) is 15.0. The predicted octanol–water partition coefficient (Wildman–Crippen LogP) is 0.907. The molecular weight excluding hydrogens is 250 g/mol. The van der Waals surface area contributed by atoms with Crippen molar-refractivity contribution >= 4 is 5.91 Å². The number of likely N-dealkylation sites (N-methyl/N-ethyl adjacent to an activating group) is 2. The van der Waals surface area contributed by atoms with Crippen molar-refractivity contribution in [1.29, 1.82) is 0 Å². The van der Waals surface area contributed by atoms with Crippen LogP contribution in [-0.2, 0) is 11.3 Å². The minimum Gasteiger partial charge on any atom is -0.348 e. The molecule has 0 saturated heterocycles. The second-order valence-electron chi connectivity index (χ2n) is 4.79. The van der Waals surface area contributed by atoms with Crippen LogP contribution in [0.25, 0.3) is 0 Å². The van der Waals surface area contributed by atoms with Gasteiger partial charge in [0.1, 0.15) is 0 Å². The number of carbonyl (C=O) groups excluding carboxylic acids is 1. The number of amides is 1. The first-order valence-corrected chi connectivity index (χ1v) is 6.77. The van der Waals surface area contributed by atoms with Crippen LogP contribution in [0.15, 0.2) is 24.3 Å². The van der Waals surface area contributed by atoms with Crippen LogP contribution in [0.5, 0.6) is 0 Å². The molecular formula is C16H23N3O. The molecule has 0 aliphatic heterocycles. The van der Waals surface area contributed by atoms with Crippen molar-refractivity contribution in [2.75, 3.05) is 33.7 Å². The van der Waals surface area contributed by atoms with Crippen LogP contribution in [-0.4, -0.2) is 49.4 Å². The van der Waals surface area contributed by atoms with Crippen molar-refractivity contribution in [1.82, 2.24) is 9.80 Å². The molecule has 20 heavy (non-hydrogen) atoms. The molecule has 0 saturated carbocycles.